The van der Waals surface area contributed by atoms with E-state index < -0.39 is 22.5 Å². The highest BCUT2D eigenvalue weighted by molar-refractivity contribution is 7.85. The minimum absolute atomic E-state index is 0.0930. The van der Waals surface area contributed by atoms with Crippen molar-refractivity contribution in [1.29, 1.82) is 0 Å². The van der Waals surface area contributed by atoms with Gasteiger partial charge in [-0.2, -0.15) is 13.2 Å². The lowest BCUT2D eigenvalue weighted by Crippen LogP contribution is -2.09. The van der Waals surface area contributed by atoms with Gasteiger partial charge in [-0.25, -0.2) is 0 Å². The molecule has 1 aromatic carbocycles. The van der Waals surface area contributed by atoms with Gasteiger partial charge in [0.05, 0.1) is 21.3 Å². The molecule has 0 aliphatic carbocycles. The lowest BCUT2D eigenvalue weighted by molar-refractivity contribution is -0.137. The van der Waals surface area contributed by atoms with Crippen molar-refractivity contribution in [3.8, 4) is 0 Å². The Morgan fingerprint density at radius 2 is 2.05 bits per heavy atom. The van der Waals surface area contributed by atoms with Crippen molar-refractivity contribution >= 4 is 16.5 Å². The predicted molar refractivity (Wildman–Crippen MR) is 68.2 cm³/mol. The molecule has 0 radical (unpaired) electrons. The SMILES string of the molecule is CCOCCCS(=O)c1ccc(C(F)(F)F)cc1N. The fraction of sp³-hybridized carbons (Fsp3) is 0.500. The molecule has 0 spiro atoms. The smallest absolute Gasteiger partial charge is 0.398 e. The number of anilines is 1. The maximum absolute atomic E-state index is 12.4. The van der Waals surface area contributed by atoms with E-state index in [0.29, 0.717) is 25.4 Å². The van der Waals surface area contributed by atoms with Crippen LogP contribution >= 0.6 is 0 Å². The van der Waals surface area contributed by atoms with Crippen molar-refractivity contribution in [2.45, 2.75) is 24.4 Å². The average molecular weight is 295 g/mol. The first-order valence-electron chi connectivity index (χ1n) is 5.79. The van der Waals surface area contributed by atoms with Crippen LogP contribution in [-0.2, 0) is 21.7 Å². The van der Waals surface area contributed by atoms with E-state index in [1.165, 1.54) is 6.07 Å². The van der Waals surface area contributed by atoms with Gasteiger partial charge in [0.25, 0.3) is 0 Å². The Kier molecular flexibility index (Phi) is 5.81. The summed E-state index contributed by atoms with van der Waals surface area (Å²) < 4.78 is 54.3. The van der Waals surface area contributed by atoms with E-state index in [0.717, 1.165) is 12.1 Å². The van der Waals surface area contributed by atoms with Crippen LogP contribution in [0.2, 0.25) is 0 Å². The number of alkyl halides is 3. The second kappa shape index (κ2) is 6.91. The van der Waals surface area contributed by atoms with Crippen LogP contribution in [-0.4, -0.2) is 23.2 Å². The molecule has 0 amide bonds. The van der Waals surface area contributed by atoms with E-state index in [9.17, 15) is 17.4 Å². The maximum Gasteiger partial charge on any atom is 0.416 e. The standard InChI is InChI=1S/C12H16F3NO2S/c1-2-18-6-3-7-19(17)11-5-4-9(8-10(11)16)12(13,14)15/h4-5,8H,2-3,6-7,16H2,1H3. The summed E-state index contributed by atoms with van der Waals surface area (Å²) in [7, 11) is -1.41. The summed E-state index contributed by atoms with van der Waals surface area (Å²) in [6, 6.07) is 2.89. The molecule has 0 saturated heterocycles. The van der Waals surface area contributed by atoms with Gasteiger partial charge in [-0.15, -0.1) is 0 Å². The second-order valence-corrected chi connectivity index (χ2v) is 5.39. The highest BCUT2D eigenvalue weighted by Crippen LogP contribution is 2.32. The number of benzene rings is 1. The molecule has 0 aliphatic rings. The summed E-state index contributed by atoms with van der Waals surface area (Å²) in [4.78, 5) is 0.240. The normalized spacial score (nSPS) is 13.5. The van der Waals surface area contributed by atoms with E-state index >= 15 is 0 Å². The van der Waals surface area contributed by atoms with Gasteiger partial charge < -0.3 is 10.5 Å². The second-order valence-electron chi connectivity index (χ2n) is 3.85. The fourth-order valence-electron chi connectivity index (χ4n) is 1.48. The third-order valence-electron chi connectivity index (χ3n) is 2.40. The molecule has 2 N–H and O–H groups in total. The molecule has 3 nitrogen and oxygen atoms in total. The average Bonchev–Trinajstić information content (AvgIpc) is 2.33. The number of nitrogens with two attached hydrogens (primary N) is 1. The van der Waals surface area contributed by atoms with Crippen molar-refractivity contribution in [2.75, 3.05) is 24.7 Å². The van der Waals surface area contributed by atoms with E-state index in [1.54, 1.807) is 0 Å². The summed E-state index contributed by atoms with van der Waals surface area (Å²) in [6.07, 6.45) is -3.87. The Hall–Kier alpha value is -1.08. The lowest BCUT2D eigenvalue weighted by atomic mass is 10.2. The summed E-state index contributed by atoms with van der Waals surface area (Å²) in [5.74, 6) is 0.315. The molecule has 0 heterocycles. The van der Waals surface area contributed by atoms with Gasteiger partial charge in [0.2, 0.25) is 0 Å². The van der Waals surface area contributed by atoms with Crippen LogP contribution < -0.4 is 5.73 Å². The Morgan fingerprint density at radius 1 is 1.37 bits per heavy atom. The van der Waals surface area contributed by atoms with Crippen LogP contribution in [0.25, 0.3) is 0 Å². The van der Waals surface area contributed by atoms with Gasteiger partial charge >= 0.3 is 6.18 Å². The molecule has 1 atom stereocenters. The van der Waals surface area contributed by atoms with E-state index in [4.69, 9.17) is 10.5 Å². The highest BCUT2D eigenvalue weighted by atomic mass is 32.2. The van der Waals surface area contributed by atoms with Gasteiger partial charge in [-0.05, 0) is 31.5 Å². The number of ether oxygens (including phenoxy) is 1. The zero-order valence-electron chi connectivity index (χ0n) is 10.5. The number of hydrogen-bond acceptors (Lipinski definition) is 3. The molecule has 0 saturated carbocycles. The number of rotatable bonds is 6. The topological polar surface area (TPSA) is 52.3 Å². The molecule has 0 bridgehead atoms. The molecule has 1 aromatic rings. The molecule has 1 unspecified atom stereocenters. The Bertz CT molecular complexity index is 449. The van der Waals surface area contributed by atoms with Crippen LogP contribution in [0.4, 0.5) is 18.9 Å². The zero-order chi connectivity index (χ0) is 14.5. The van der Waals surface area contributed by atoms with Crippen LogP contribution in [0, 0.1) is 0 Å². The third kappa shape index (κ3) is 4.83. The summed E-state index contributed by atoms with van der Waals surface area (Å²) >= 11 is 0. The van der Waals surface area contributed by atoms with Crippen molar-refractivity contribution in [2.24, 2.45) is 0 Å². The Morgan fingerprint density at radius 3 is 2.58 bits per heavy atom. The van der Waals surface area contributed by atoms with Gasteiger partial charge in [-0.1, -0.05) is 0 Å². The molecule has 108 valence electrons. The van der Waals surface area contributed by atoms with Crippen molar-refractivity contribution in [3.63, 3.8) is 0 Å². The quantitative estimate of drug-likeness (QED) is 0.648. The van der Waals surface area contributed by atoms with Crippen molar-refractivity contribution in [3.05, 3.63) is 23.8 Å². The molecular weight excluding hydrogens is 279 g/mol. The molecule has 19 heavy (non-hydrogen) atoms. The number of halogens is 3. The molecule has 0 aliphatic heterocycles. The minimum Gasteiger partial charge on any atom is -0.398 e. The largest absolute Gasteiger partial charge is 0.416 e. The molecule has 7 heteroatoms. The summed E-state index contributed by atoms with van der Waals surface area (Å²) in [5, 5.41) is 0. The molecule has 1 rings (SSSR count). The van der Waals surface area contributed by atoms with E-state index in [1.807, 2.05) is 6.92 Å². The van der Waals surface area contributed by atoms with Crippen LogP contribution in [0.3, 0.4) is 0 Å². The van der Waals surface area contributed by atoms with Gasteiger partial charge in [0.15, 0.2) is 0 Å². The maximum atomic E-state index is 12.4. The van der Waals surface area contributed by atoms with E-state index in [2.05, 4.69) is 0 Å². The first kappa shape index (κ1) is 16.0. The van der Waals surface area contributed by atoms with Gasteiger partial charge in [0.1, 0.15) is 0 Å². The molecule has 0 fully saturated rings. The zero-order valence-corrected chi connectivity index (χ0v) is 11.3. The third-order valence-corrected chi connectivity index (χ3v) is 3.93. The van der Waals surface area contributed by atoms with Gasteiger partial charge in [-0.3, -0.25) is 4.21 Å². The highest BCUT2D eigenvalue weighted by Gasteiger charge is 2.31. The first-order valence-corrected chi connectivity index (χ1v) is 7.11. The van der Waals surface area contributed by atoms with Crippen LogP contribution in [0.15, 0.2) is 23.1 Å². The van der Waals surface area contributed by atoms with Crippen molar-refractivity contribution in [1.82, 2.24) is 0 Å². The Balaban J connectivity index is 2.71. The number of nitrogen functional groups attached to an aromatic ring is 1. The number of hydrogen-bond donors (Lipinski definition) is 1. The monoisotopic (exact) mass is 295 g/mol. The summed E-state index contributed by atoms with van der Waals surface area (Å²) in [6.45, 7) is 2.91. The minimum atomic E-state index is -4.44. The van der Waals surface area contributed by atoms with Crippen LogP contribution in [0.5, 0.6) is 0 Å². The predicted octanol–water partition coefficient (Wildman–Crippen LogP) is 2.82. The van der Waals surface area contributed by atoms with Crippen LogP contribution in [0.1, 0.15) is 18.9 Å². The lowest BCUT2D eigenvalue weighted by Gasteiger charge is -2.10. The van der Waals surface area contributed by atoms with E-state index in [-0.39, 0.29) is 10.6 Å². The first-order chi connectivity index (χ1) is 8.86. The molecule has 0 aromatic heterocycles. The molecular formula is C12H16F3NO2S. The van der Waals surface area contributed by atoms with Crippen molar-refractivity contribution < 1.29 is 22.1 Å². The summed E-state index contributed by atoms with van der Waals surface area (Å²) in [5.41, 5.74) is 4.60. The fourth-order valence-corrected chi connectivity index (χ4v) is 2.62. The Labute approximate surface area is 112 Å². The van der Waals surface area contributed by atoms with Gasteiger partial charge in [0, 0.05) is 24.7 Å².